The SMILES string of the molecule is CCc1nnc(C2CCNCC2)o1.Cl. The van der Waals surface area contributed by atoms with Crippen molar-refractivity contribution in [3.8, 4) is 0 Å². The van der Waals surface area contributed by atoms with Crippen LogP contribution in [0.1, 0.15) is 37.5 Å². The van der Waals surface area contributed by atoms with Crippen LogP contribution in [-0.4, -0.2) is 23.3 Å². The Hall–Kier alpha value is -0.610. The highest BCUT2D eigenvalue weighted by Gasteiger charge is 2.20. The average molecular weight is 218 g/mol. The van der Waals surface area contributed by atoms with Gasteiger partial charge in [-0.3, -0.25) is 0 Å². The molecule has 1 aliphatic heterocycles. The fourth-order valence-corrected chi connectivity index (χ4v) is 1.64. The first-order valence-corrected chi connectivity index (χ1v) is 4.93. The summed E-state index contributed by atoms with van der Waals surface area (Å²) in [6.45, 7) is 4.16. The van der Waals surface area contributed by atoms with Gasteiger partial charge in [0, 0.05) is 12.3 Å². The molecule has 2 heterocycles. The lowest BCUT2D eigenvalue weighted by molar-refractivity contribution is 0.362. The lowest BCUT2D eigenvalue weighted by Crippen LogP contribution is -2.26. The first-order valence-electron chi connectivity index (χ1n) is 4.93. The Bertz CT molecular complexity index is 271. The van der Waals surface area contributed by atoms with E-state index in [0.717, 1.165) is 44.1 Å². The molecule has 0 radical (unpaired) electrons. The monoisotopic (exact) mass is 217 g/mol. The summed E-state index contributed by atoms with van der Waals surface area (Å²) in [7, 11) is 0. The summed E-state index contributed by atoms with van der Waals surface area (Å²) in [5.41, 5.74) is 0. The zero-order valence-corrected chi connectivity index (χ0v) is 9.14. The summed E-state index contributed by atoms with van der Waals surface area (Å²) in [5, 5.41) is 11.4. The lowest BCUT2D eigenvalue weighted by Gasteiger charge is -2.18. The maximum atomic E-state index is 5.52. The predicted molar refractivity (Wildman–Crippen MR) is 55.8 cm³/mol. The second-order valence-corrected chi connectivity index (χ2v) is 3.41. The Balaban J connectivity index is 0.000000980. The molecular formula is C9H16ClN3O. The molecule has 1 aliphatic rings. The van der Waals surface area contributed by atoms with E-state index < -0.39 is 0 Å². The average Bonchev–Trinajstić information content (AvgIpc) is 2.67. The van der Waals surface area contributed by atoms with Crippen molar-refractivity contribution in [3.05, 3.63) is 11.8 Å². The molecular weight excluding hydrogens is 202 g/mol. The molecule has 0 bridgehead atoms. The van der Waals surface area contributed by atoms with Crippen molar-refractivity contribution in [2.45, 2.75) is 32.1 Å². The number of piperidine rings is 1. The quantitative estimate of drug-likeness (QED) is 0.816. The van der Waals surface area contributed by atoms with Gasteiger partial charge < -0.3 is 9.73 Å². The van der Waals surface area contributed by atoms with E-state index in [1.807, 2.05) is 6.92 Å². The highest BCUT2D eigenvalue weighted by atomic mass is 35.5. The molecule has 0 atom stereocenters. The van der Waals surface area contributed by atoms with Crippen molar-refractivity contribution < 1.29 is 4.42 Å². The second-order valence-electron chi connectivity index (χ2n) is 3.41. The van der Waals surface area contributed by atoms with Crippen LogP contribution in [0, 0.1) is 0 Å². The van der Waals surface area contributed by atoms with E-state index in [1.165, 1.54) is 0 Å². The largest absolute Gasteiger partial charge is 0.425 e. The fourth-order valence-electron chi connectivity index (χ4n) is 1.64. The molecule has 0 aliphatic carbocycles. The van der Waals surface area contributed by atoms with Crippen molar-refractivity contribution in [1.82, 2.24) is 15.5 Å². The molecule has 14 heavy (non-hydrogen) atoms. The minimum Gasteiger partial charge on any atom is -0.425 e. The highest BCUT2D eigenvalue weighted by molar-refractivity contribution is 5.85. The van der Waals surface area contributed by atoms with Gasteiger partial charge in [0.25, 0.3) is 0 Å². The molecule has 1 saturated heterocycles. The molecule has 1 fully saturated rings. The number of hydrogen-bond donors (Lipinski definition) is 1. The van der Waals surface area contributed by atoms with Gasteiger partial charge in [0.05, 0.1) is 0 Å². The van der Waals surface area contributed by atoms with Gasteiger partial charge in [0.2, 0.25) is 11.8 Å². The van der Waals surface area contributed by atoms with Crippen LogP contribution < -0.4 is 5.32 Å². The number of hydrogen-bond acceptors (Lipinski definition) is 4. The molecule has 0 aromatic carbocycles. The van der Waals surface area contributed by atoms with E-state index in [0.29, 0.717) is 5.92 Å². The fraction of sp³-hybridized carbons (Fsp3) is 0.778. The van der Waals surface area contributed by atoms with Crippen molar-refractivity contribution >= 4 is 12.4 Å². The number of rotatable bonds is 2. The smallest absolute Gasteiger partial charge is 0.219 e. The van der Waals surface area contributed by atoms with Gasteiger partial charge in [-0.2, -0.15) is 0 Å². The van der Waals surface area contributed by atoms with E-state index in [-0.39, 0.29) is 12.4 Å². The van der Waals surface area contributed by atoms with Gasteiger partial charge in [0.1, 0.15) is 0 Å². The molecule has 5 heteroatoms. The van der Waals surface area contributed by atoms with Gasteiger partial charge in [0.15, 0.2) is 0 Å². The van der Waals surface area contributed by atoms with Gasteiger partial charge in [-0.15, -0.1) is 22.6 Å². The molecule has 1 N–H and O–H groups in total. The summed E-state index contributed by atoms with van der Waals surface area (Å²) in [6, 6.07) is 0. The topological polar surface area (TPSA) is 51.0 Å². The van der Waals surface area contributed by atoms with Gasteiger partial charge in [-0.05, 0) is 25.9 Å². The van der Waals surface area contributed by atoms with Gasteiger partial charge in [-0.25, -0.2) is 0 Å². The van der Waals surface area contributed by atoms with E-state index >= 15 is 0 Å². The number of aryl methyl sites for hydroxylation is 1. The third-order valence-corrected chi connectivity index (χ3v) is 2.47. The molecule has 0 saturated carbocycles. The Morgan fingerprint density at radius 3 is 2.64 bits per heavy atom. The minimum absolute atomic E-state index is 0. The maximum Gasteiger partial charge on any atom is 0.219 e. The van der Waals surface area contributed by atoms with Crippen LogP contribution >= 0.6 is 12.4 Å². The molecule has 0 unspecified atom stereocenters. The van der Waals surface area contributed by atoms with Crippen molar-refractivity contribution in [2.24, 2.45) is 0 Å². The van der Waals surface area contributed by atoms with Crippen LogP contribution in [0.4, 0.5) is 0 Å². The summed E-state index contributed by atoms with van der Waals surface area (Å²) >= 11 is 0. The number of halogens is 1. The van der Waals surface area contributed by atoms with E-state index in [9.17, 15) is 0 Å². The Kier molecular flexibility index (Phi) is 4.35. The third-order valence-electron chi connectivity index (χ3n) is 2.47. The van der Waals surface area contributed by atoms with Gasteiger partial charge in [-0.1, -0.05) is 6.92 Å². The zero-order chi connectivity index (χ0) is 9.10. The van der Waals surface area contributed by atoms with E-state index in [2.05, 4.69) is 15.5 Å². The maximum absolute atomic E-state index is 5.52. The number of nitrogens with zero attached hydrogens (tertiary/aromatic N) is 2. The molecule has 0 amide bonds. The lowest BCUT2D eigenvalue weighted by atomic mass is 9.98. The highest BCUT2D eigenvalue weighted by Crippen LogP contribution is 2.23. The molecule has 1 aromatic rings. The van der Waals surface area contributed by atoms with Crippen LogP contribution in [0.3, 0.4) is 0 Å². The number of nitrogens with one attached hydrogen (secondary N) is 1. The molecule has 1 aromatic heterocycles. The summed E-state index contributed by atoms with van der Waals surface area (Å²) in [6.07, 6.45) is 3.06. The van der Waals surface area contributed by atoms with Crippen LogP contribution in [0.5, 0.6) is 0 Å². The Morgan fingerprint density at radius 2 is 2.07 bits per heavy atom. The van der Waals surface area contributed by atoms with Crippen molar-refractivity contribution in [1.29, 1.82) is 0 Å². The Morgan fingerprint density at radius 1 is 1.36 bits per heavy atom. The van der Waals surface area contributed by atoms with Crippen LogP contribution in [0.15, 0.2) is 4.42 Å². The van der Waals surface area contributed by atoms with Crippen molar-refractivity contribution in [3.63, 3.8) is 0 Å². The van der Waals surface area contributed by atoms with Crippen molar-refractivity contribution in [2.75, 3.05) is 13.1 Å². The first kappa shape index (κ1) is 11.5. The third kappa shape index (κ3) is 2.45. The second kappa shape index (κ2) is 5.32. The summed E-state index contributed by atoms with van der Waals surface area (Å²) in [4.78, 5) is 0. The molecule has 4 nitrogen and oxygen atoms in total. The van der Waals surface area contributed by atoms with Crippen LogP contribution in [0.2, 0.25) is 0 Å². The Labute approximate surface area is 89.9 Å². The van der Waals surface area contributed by atoms with E-state index in [4.69, 9.17) is 4.42 Å². The van der Waals surface area contributed by atoms with Crippen LogP contribution in [0.25, 0.3) is 0 Å². The number of aromatic nitrogens is 2. The van der Waals surface area contributed by atoms with E-state index in [1.54, 1.807) is 0 Å². The predicted octanol–water partition coefficient (Wildman–Crippen LogP) is 1.52. The summed E-state index contributed by atoms with van der Waals surface area (Å²) < 4.78 is 5.52. The van der Waals surface area contributed by atoms with Gasteiger partial charge >= 0.3 is 0 Å². The van der Waals surface area contributed by atoms with Crippen LogP contribution in [-0.2, 0) is 6.42 Å². The first-order chi connectivity index (χ1) is 6.40. The normalized spacial score (nSPS) is 17.8. The molecule has 2 rings (SSSR count). The standard InChI is InChI=1S/C9H15N3O.ClH/c1-2-8-11-12-9(13-8)7-3-5-10-6-4-7;/h7,10H,2-6H2,1H3;1H. The molecule has 80 valence electrons. The minimum atomic E-state index is 0. The molecule has 0 spiro atoms. The summed E-state index contributed by atoms with van der Waals surface area (Å²) in [5.74, 6) is 2.07. The zero-order valence-electron chi connectivity index (χ0n) is 8.32.